The number of rotatable bonds is 0. The molecule has 0 radical (unpaired) electrons. The van der Waals surface area contributed by atoms with Crippen LogP contribution >= 0.6 is 8.81 Å². The molecule has 1 aliphatic rings. The molecule has 1 aliphatic heterocycles. The number of hydrogen-bond acceptors (Lipinski definition) is 2. The molecule has 1 heterocycles. The second kappa shape index (κ2) is 2.58. The van der Waals surface area contributed by atoms with E-state index >= 15 is 0 Å². The minimum absolute atomic E-state index is 0.248. The van der Waals surface area contributed by atoms with Crippen LogP contribution in [0.25, 0.3) is 0 Å². The van der Waals surface area contributed by atoms with E-state index in [0.717, 1.165) is 12.6 Å². The molecule has 4 heteroatoms. The highest BCUT2D eigenvalue weighted by Crippen LogP contribution is 2.23. The molecular formula is C3H7O3P. The average Bonchev–Trinajstić information content (AvgIpc) is 1.69. The number of hydrogen-bond donors (Lipinski definition) is 0. The van der Waals surface area contributed by atoms with Crippen LogP contribution < -0.4 is 5.26 Å². The lowest BCUT2D eigenvalue weighted by atomic mass is 10.5. The zero-order valence-corrected chi connectivity index (χ0v) is 4.85. The topological polar surface area (TPSA) is 35.0 Å². The summed E-state index contributed by atoms with van der Waals surface area (Å²) in [5.74, 6) is 0. The van der Waals surface area contributed by atoms with Gasteiger partial charge in [-0.3, -0.25) is 0 Å². The Hall–Kier alpha value is 0.310. The van der Waals surface area contributed by atoms with Crippen LogP contribution in [-0.4, -0.2) is 12.8 Å². The predicted octanol–water partition coefficient (Wildman–Crippen LogP) is -0.257. The first-order valence-electron chi connectivity index (χ1n) is 2.18. The Morgan fingerprint density at radius 1 is 1.71 bits per heavy atom. The lowest BCUT2D eigenvalue weighted by molar-refractivity contribution is -0.847. The fourth-order valence-corrected chi connectivity index (χ4v) is 1.03. The van der Waals surface area contributed by atoms with Crippen molar-refractivity contribution < 1.29 is 14.6 Å². The summed E-state index contributed by atoms with van der Waals surface area (Å²) < 4.78 is 1.35. The van der Waals surface area contributed by atoms with Crippen molar-refractivity contribution in [3.8, 4) is 0 Å². The van der Waals surface area contributed by atoms with Crippen molar-refractivity contribution >= 4 is 8.81 Å². The molecular weight excluding hydrogens is 115 g/mol. The Labute approximate surface area is 43.7 Å². The molecule has 1 rings (SSSR count). The molecule has 0 aromatic rings. The summed E-state index contributed by atoms with van der Waals surface area (Å²) in [6.45, 7) is 0.571. The van der Waals surface area contributed by atoms with Crippen molar-refractivity contribution in [2.75, 3.05) is 12.8 Å². The van der Waals surface area contributed by atoms with Crippen LogP contribution in [0.2, 0.25) is 0 Å². The van der Waals surface area contributed by atoms with E-state index in [2.05, 4.69) is 4.89 Å². The second-order valence-corrected chi connectivity index (χ2v) is 2.43. The van der Waals surface area contributed by atoms with E-state index in [1.165, 1.54) is 4.46 Å². The van der Waals surface area contributed by atoms with Crippen LogP contribution in [0, 0.1) is 0 Å². The monoisotopic (exact) mass is 122 g/mol. The highest BCUT2D eigenvalue weighted by molar-refractivity contribution is 7.32. The summed E-state index contributed by atoms with van der Waals surface area (Å²) >= 11 is 0. The molecule has 1 unspecified atom stereocenters. The molecule has 0 N–H and O–H groups in total. The van der Waals surface area contributed by atoms with Gasteiger partial charge in [-0.1, -0.05) is 0 Å². The Balaban J connectivity index is 2.12. The van der Waals surface area contributed by atoms with Gasteiger partial charge in [-0.15, -0.1) is 4.89 Å². The summed E-state index contributed by atoms with van der Waals surface area (Å²) in [6, 6.07) is 0. The van der Waals surface area contributed by atoms with Gasteiger partial charge in [0, 0.05) is 6.16 Å². The van der Waals surface area contributed by atoms with E-state index in [-0.39, 0.29) is 8.81 Å². The maximum absolute atomic E-state index is 10.1. The van der Waals surface area contributed by atoms with Gasteiger partial charge >= 0.3 is 0 Å². The molecule has 3 nitrogen and oxygen atoms in total. The maximum atomic E-state index is 10.1. The molecule has 0 aromatic heterocycles. The molecule has 0 aromatic carbocycles. The molecule has 0 spiro atoms. The minimum Gasteiger partial charge on any atom is -0.486 e. The molecule has 0 bridgehead atoms. The fraction of sp³-hybridized carbons (Fsp3) is 1.00. The van der Waals surface area contributed by atoms with Gasteiger partial charge in [0.2, 0.25) is 8.81 Å². The van der Waals surface area contributed by atoms with E-state index in [1.54, 1.807) is 0 Å². The van der Waals surface area contributed by atoms with E-state index in [9.17, 15) is 5.26 Å². The normalized spacial score (nSPS) is 28.7. The first kappa shape index (κ1) is 5.45. The van der Waals surface area contributed by atoms with Crippen LogP contribution in [-0.2, 0) is 9.34 Å². The van der Waals surface area contributed by atoms with Gasteiger partial charge in [0.1, 0.15) is 6.61 Å². The van der Waals surface area contributed by atoms with E-state index in [0.29, 0.717) is 6.61 Å². The van der Waals surface area contributed by atoms with Crippen LogP contribution in [0.1, 0.15) is 6.42 Å². The van der Waals surface area contributed by atoms with E-state index in [1.807, 2.05) is 0 Å². The van der Waals surface area contributed by atoms with Crippen molar-refractivity contribution in [3.63, 3.8) is 0 Å². The van der Waals surface area contributed by atoms with Crippen LogP contribution in [0.15, 0.2) is 0 Å². The smallest absolute Gasteiger partial charge is 0.237 e. The second-order valence-electron chi connectivity index (χ2n) is 1.30. The highest BCUT2D eigenvalue weighted by atomic mass is 31.1. The van der Waals surface area contributed by atoms with Crippen molar-refractivity contribution in [2.45, 2.75) is 6.42 Å². The predicted molar refractivity (Wildman–Crippen MR) is 24.8 cm³/mol. The average molecular weight is 122 g/mol. The van der Waals surface area contributed by atoms with Crippen molar-refractivity contribution in [3.05, 3.63) is 0 Å². The van der Waals surface area contributed by atoms with Gasteiger partial charge in [-0.05, 0) is 6.42 Å². The summed E-state index contributed by atoms with van der Waals surface area (Å²) in [6.07, 6.45) is 1.98. The third-order valence-corrected chi connectivity index (χ3v) is 1.64. The first-order chi connectivity index (χ1) is 3.39. The van der Waals surface area contributed by atoms with Crippen LogP contribution in [0.3, 0.4) is 0 Å². The quantitative estimate of drug-likeness (QED) is 0.252. The van der Waals surface area contributed by atoms with Gasteiger partial charge < -0.3 is 5.26 Å². The third kappa shape index (κ3) is 1.70. The van der Waals surface area contributed by atoms with Gasteiger partial charge in [0.25, 0.3) is 0 Å². The summed E-state index contributed by atoms with van der Waals surface area (Å²) in [5, 5.41) is 10.1. The standard InChI is InChI=1S/C3H7O3P/c4-6-5-2-1-3-7-6/h7H,1-3H2. The van der Waals surface area contributed by atoms with Gasteiger partial charge in [0.15, 0.2) is 0 Å². The molecule has 0 amide bonds. The minimum atomic E-state index is 0.248. The van der Waals surface area contributed by atoms with E-state index in [4.69, 9.17) is 0 Å². The largest absolute Gasteiger partial charge is 0.486 e. The Morgan fingerprint density at radius 3 is 2.86 bits per heavy atom. The van der Waals surface area contributed by atoms with Crippen LogP contribution in [0.4, 0.5) is 0 Å². The van der Waals surface area contributed by atoms with Crippen molar-refractivity contribution in [2.24, 2.45) is 0 Å². The Bertz CT molecular complexity index is 52.1. The zero-order valence-electron chi connectivity index (χ0n) is 3.85. The van der Waals surface area contributed by atoms with Gasteiger partial charge in [0.05, 0.1) is 0 Å². The highest BCUT2D eigenvalue weighted by Gasteiger charge is 2.09. The lowest BCUT2D eigenvalue weighted by Crippen LogP contribution is -2.23. The van der Waals surface area contributed by atoms with Gasteiger partial charge in [-0.25, -0.2) is 4.46 Å². The summed E-state index contributed by atoms with van der Waals surface area (Å²) in [5.41, 5.74) is 0. The summed E-state index contributed by atoms with van der Waals surface area (Å²) in [4.78, 5) is 4.48. The molecule has 42 valence electrons. The summed E-state index contributed by atoms with van der Waals surface area (Å²) in [7, 11) is 0.248. The molecule has 1 fully saturated rings. The van der Waals surface area contributed by atoms with E-state index < -0.39 is 0 Å². The van der Waals surface area contributed by atoms with Crippen LogP contribution in [0.5, 0.6) is 0 Å². The SMILES string of the molecule is [O-][O+]1OCCCP1. The zero-order chi connectivity index (χ0) is 5.11. The van der Waals surface area contributed by atoms with Crippen molar-refractivity contribution in [1.29, 1.82) is 0 Å². The molecule has 0 saturated carbocycles. The molecule has 1 atom stereocenters. The molecule has 7 heavy (non-hydrogen) atoms. The van der Waals surface area contributed by atoms with Gasteiger partial charge in [-0.2, -0.15) is 0 Å². The Morgan fingerprint density at radius 2 is 2.57 bits per heavy atom. The molecule has 1 saturated heterocycles. The first-order valence-corrected chi connectivity index (χ1v) is 3.30. The molecule has 0 aliphatic carbocycles. The maximum Gasteiger partial charge on any atom is 0.237 e. The fourth-order valence-electron chi connectivity index (χ4n) is 0.404. The lowest BCUT2D eigenvalue weighted by Gasteiger charge is -2.17. The third-order valence-electron chi connectivity index (χ3n) is 0.731. The Kier molecular flexibility index (Phi) is 2.00. The van der Waals surface area contributed by atoms with Crippen molar-refractivity contribution in [1.82, 2.24) is 0 Å².